The highest BCUT2D eigenvalue weighted by molar-refractivity contribution is 5.93. The normalized spacial score (nSPS) is 11.1. The SMILES string of the molecule is Cc1cc(C)c2c(-n3cccc3)nn(CC(=O)Nc3ccccc3C)c2n1. The molecular formula is C21H21N5O. The first-order valence-corrected chi connectivity index (χ1v) is 8.86. The molecule has 1 N–H and O–H groups in total. The van der Waals surface area contributed by atoms with E-state index in [9.17, 15) is 4.79 Å². The number of aromatic nitrogens is 4. The Morgan fingerprint density at radius 3 is 2.52 bits per heavy atom. The fourth-order valence-electron chi connectivity index (χ4n) is 3.30. The highest BCUT2D eigenvalue weighted by atomic mass is 16.2. The number of carbonyl (C=O) groups is 1. The smallest absolute Gasteiger partial charge is 0.246 e. The highest BCUT2D eigenvalue weighted by Crippen LogP contribution is 2.25. The number of hydrogen-bond acceptors (Lipinski definition) is 3. The van der Waals surface area contributed by atoms with Gasteiger partial charge in [0.15, 0.2) is 11.5 Å². The molecule has 1 aromatic carbocycles. The van der Waals surface area contributed by atoms with Crippen molar-refractivity contribution in [3.05, 3.63) is 71.7 Å². The summed E-state index contributed by atoms with van der Waals surface area (Å²) < 4.78 is 3.63. The summed E-state index contributed by atoms with van der Waals surface area (Å²) in [6.07, 6.45) is 3.89. The third kappa shape index (κ3) is 3.21. The van der Waals surface area contributed by atoms with E-state index in [1.54, 1.807) is 4.68 Å². The zero-order chi connectivity index (χ0) is 19.0. The van der Waals surface area contributed by atoms with E-state index in [0.717, 1.165) is 39.4 Å². The first kappa shape index (κ1) is 17.0. The average molecular weight is 359 g/mol. The molecule has 0 aliphatic heterocycles. The number of pyridine rings is 1. The predicted octanol–water partition coefficient (Wildman–Crippen LogP) is 3.79. The number of aryl methyl sites for hydroxylation is 3. The molecule has 136 valence electrons. The van der Waals surface area contributed by atoms with E-state index in [4.69, 9.17) is 5.10 Å². The molecule has 0 radical (unpaired) electrons. The number of rotatable bonds is 4. The Morgan fingerprint density at radius 2 is 1.78 bits per heavy atom. The standard InChI is InChI=1S/C21H21N5O/c1-14-8-4-5-9-17(14)23-18(27)13-26-20-19(15(2)12-16(3)22-20)21(24-26)25-10-6-7-11-25/h4-12H,13H2,1-3H3,(H,23,27). The summed E-state index contributed by atoms with van der Waals surface area (Å²) in [4.78, 5) is 17.3. The molecule has 0 saturated heterocycles. The minimum atomic E-state index is -0.131. The van der Waals surface area contributed by atoms with Gasteiger partial charge in [-0.05, 0) is 56.2 Å². The Balaban J connectivity index is 1.73. The highest BCUT2D eigenvalue weighted by Gasteiger charge is 2.18. The summed E-state index contributed by atoms with van der Waals surface area (Å²) in [6, 6.07) is 13.7. The van der Waals surface area contributed by atoms with Crippen molar-refractivity contribution in [2.24, 2.45) is 0 Å². The Labute approximate surface area is 157 Å². The van der Waals surface area contributed by atoms with Crippen molar-refractivity contribution in [1.29, 1.82) is 0 Å². The van der Waals surface area contributed by atoms with Crippen LogP contribution in [0.2, 0.25) is 0 Å². The summed E-state index contributed by atoms with van der Waals surface area (Å²) in [5.41, 5.74) is 4.54. The van der Waals surface area contributed by atoms with E-state index < -0.39 is 0 Å². The third-order valence-electron chi connectivity index (χ3n) is 4.57. The molecule has 27 heavy (non-hydrogen) atoms. The molecule has 1 amide bonds. The van der Waals surface area contributed by atoms with Crippen molar-refractivity contribution >= 4 is 22.6 Å². The summed E-state index contributed by atoms with van der Waals surface area (Å²) in [7, 11) is 0. The van der Waals surface area contributed by atoms with E-state index in [0.29, 0.717) is 0 Å². The van der Waals surface area contributed by atoms with E-state index >= 15 is 0 Å². The van der Waals surface area contributed by atoms with Gasteiger partial charge in [-0.1, -0.05) is 18.2 Å². The summed E-state index contributed by atoms with van der Waals surface area (Å²) in [5.74, 6) is 0.650. The first-order chi connectivity index (χ1) is 13.0. The minimum absolute atomic E-state index is 0.0992. The minimum Gasteiger partial charge on any atom is -0.324 e. The van der Waals surface area contributed by atoms with Gasteiger partial charge in [-0.25, -0.2) is 9.67 Å². The van der Waals surface area contributed by atoms with E-state index in [-0.39, 0.29) is 12.5 Å². The van der Waals surface area contributed by atoms with Crippen molar-refractivity contribution in [3.8, 4) is 5.82 Å². The number of benzene rings is 1. The molecule has 0 fully saturated rings. The van der Waals surface area contributed by atoms with Gasteiger partial charge in [0.05, 0.1) is 5.39 Å². The number of amides is 1. The molecule has 3 aromatic heterocycles. The molecule has 0 aliphatic carbocycles. The van der Waals surface area contributed by atoms with Crippen LogP contribution in [0.15, 0.2) is 54.9 Å². The van der Waals surface area contributed by atoms with Crippen LogP contribution >= 0.6 is 0 Å². The molecule has 3 heterocycles. The molecule has 0 unspecified atom stereocenters. The van der Waals surface area contributed by atoms with E-state index in [1.165, 1.54) is 0 Å². The lowest BCUT2D eigenvalue weighted by Crippen LogP contribution is -2.20. The number of nitrogens with zero attached hydrogens (tertiary/aromatic N) is 4. The Bertz CT molecular complexity index is 1130. The predicted molar refractivity (Wildman–Crippen MR) is 106 cm³/mol. The van der Waals surface area contributed by atoms with Crippen molar-refractivity contribution in [3.63, 3.8) is 0 Å². The Hall–Kier alpha value is -3.41. The van der Waals surface area contributed by atoms with Gasteiger partial charge < -0.3 is 9.88 Å². The van der Waals surface area contributed by atoms with Crippen LogP contribution in [0, 0.1) is 20.8 Å². The number of anilines is 1. The Kier molecular flexibility index (Phi) is 4.24. The molecule has 0 saturated carbocycles. The van der Waals surface area contributed by atoms with Gasteiger partial charge >= 0.3 is 0 Å². The number of para-hydroxylation sites is 1. The molecule has 6 heteroatoms. The second-order valence-corrected chi connectivity index (χ2v) is 6.71. The van der Waals surface area contributed by atoms with Crippen molar-refractivity contribution < 1.29 is 4.79 Å². The number of nitrogens with one attached hydrogen (secondary N) is 1. The molecule has 0 spiro atoms. The average Bonchev–Trinajstić information content (AvgIpc) is 3.25. The molecule has 0 bridgehead atoms. The van der Waals surface area contributed by atoms with Crippen LogP contribution in [0.3, 0.4) is 0 Å². The van der Waals surface area contributed by atoms with E-state index in [2.05, 4.69) is 10.3 Å². The summed E-state index contributed by atoms with van der Waals surface area (Å²) >= 11 is 0. The van der Waals surface area contributed by atoms with Crippen molar-refractivity contribution in [2.75, 3.05) is 5.32 Å². The number of hydrogen-bond donors (Lipinski definition) is 1. The second-order valence-electron chi connectivity index (χ2n) is 6.71. The lowest BCUT2D eigenvalue weighted by molar-refractivity contribution is -0.116. The quantitative estimate of drug-likeness (QED) is 0.603. The van der Waals surface area contributed by atoms with Crippen LogP contribution < -0.4 is 5.32 Å². The van der Waals surface area contributed by atoms with Crippen LogP contribution in [0.1, 0.15) is 16.8 Å². The van der Waals surface area contributed by atoms with Crippen molar-refractivity contribution in [1.82, 2.24) is 19.3 Å². The second kappa shape index (κ2) is 6.72. The maximum atomic E-state index is 12.6. The van der Waals surface area contributed by atoms with Crippen LogP contribution in [0.4, 0.5) is 5.69 Å². The fraction of sp³-hybridized carbons (Fsp3) is 0.190. The van der Waals surface area contributed by atoms with Gasteiger partial charge in [0.25, 0.3) is 0 Å². The molecule has 4 aromatic rings. The fourth-order valence-corrected chi connectivity index (χ4v) is 3.30. The summed E-state index contributed by atoms with van der Waals surface area (Å²) in [5, 5.41) is 8.62. The lowest BCUT2D eigenvalue weighted by atomic mass is 10.2. The van der Waals surface area contributed by atoms with Crippen LogP contribution in [-0.2, 0) is 11.3 Å². The zero-order valence-corrected chi connectivity index (χ0v) is 15.6. The summed E-state index contributed by atoms with van der Waals surface area (Å²) in [6.45, 7) is 6.06. The van der Waals surface area contributed by atoms with Gasteiger partial charge in [0, 0.05) is 23.8 Å². The molecule has 0 atom stereocenters. The van der Waals surface area contributed by atoms with Gasteiger partial charge in [-0.3, -0.25) is 4.79 Å². The van der Waals surface area contributed by atoms with Crippen molar-refractivity contribution in [2.45, 2.75) is 27.3 Å². The Morgan fingerprint density at radius 1 is 1.04 bits per heavy atom. The largest absolute Gasteiger partial charge is 0.324 e. The van der Waals surface area contributed by atoms with Gasteiger partial charge in [-0.2, -0.15) is 5.10 Å². The van der Waals surface area contributed by atoms with Crippen LogP contribution in [0.25, 0.3) is 16.9 Å². The third-order valence-corrected chi connectivity index (χ3v) is 4.57. The van der Waals surface area contributed by atoms with E-state index in [1.807, 2.05) is 80.2 Å². The zero-order valence-electron chi connectivity index (χ0n) is 15.6. The topological polar surface area (TPSA) is 64.7 Å². The van der Waals surface area contributed by atoms with Crippen LogP contribution in [-0.4, -0.2) is 25.2 Å². The monoisotopic (exact) mass is 359 g/mol. The maximum Gasteiger partial charge on any atom is 0.246 e. The molecule has 4 rings (SSSR count). The van der Waals surface area contributed by atoms with Gasteiger partial charge in [0.2, 0.25) is 5.91 Å². The maximum absolute atomic E-state index is 12.6. The molecule has 0 aliphatic rings. The van der Waals surface area contributed by atoms with Gasteiger partial charge in [0.1, 0.15) is 6.54 Å². The molecular weight excluding hydrogens is 338 g/mol. The lowest BCUT2D eigenvalue weighted by Gasteiger charge is -2.08. The van der Waals surface area contributed by atoms with Crippen LogP contribution in [0.5, 0.6) is 0 Å². The molecule has 6 nitrogen and oxygen atoms in total. The first-order valence-electron chi connectivity index (χ1n) is 8.86. The number of carbonyl (C=O) groups excluding carboxylic acids is 1. The number of fused-ring (bicyclic) bond motifs is 1. The van der Waals surface area contributed by atoms with Gasteiger partial charge in [-0.15, -0.1) is 0 Å².